The number of aromatic nitrogens is 1. The summed E-state index contributed by atoms with van der Waals surface area (Å²) in [4.78, 5) is 20.3. The van der Waals surface area contributed by atoms with Crippen molar-refractivity contribution in [3.63, 3.8) is 0 Å². The second-order valence-electron chi connectivity index (χ2n) is 5.20. The number of amides is 1. The van der Waals surface area contributed by atoms with Gasteiger partial charge in [0.2, 0.25) is 0 Å². The minimum absolute atomic E-state index is 0.0841. The Bertz CT molecular complexity index is 754. The van der Waals surface area contributed by atoms with Crippen LogP contribution in [0.5, 0.6) is 0 Å². The Morgan fingerprint density at radius 1 is 1.38 bits per heavy atom. The molecular weight excluding hydrogens is 326 g/mol. The van der Waals surface area contributed by atoms with Gasteiger partial charge in [-0.2, -0.15) is 4.99 Å². The maximum Gasteiger partial charge on any atom is 0.261 e. The number of hydrogen-bond acceptors (Lipinski definition) is 5. The van der Waals surface area contributed by atoms with Crippen molar-refractivity contribution >= 4 is 61.7 Å². The number of aliphatic imine (C=N–C) groups is 1. The van der Waals surface area contributed by atoms with E-state index in [4.69, 9.17) is 11.6 Å². The van der Waals surface area contributed by atoms with Gasteiger partial charge in [-0.3, -0.25) is 4.79 Å². The third-order valence-electron chi connectivity index (χ3n) is 3.13. The minimum Gasteiger partial charge on any atom is -0.333 e. The van der Waals surface area contributed by atoms with Crippen molar-refractivity contribution in [3.8, 4) is 0 Å². The van der Waals surface area contributed by atoms with Crippen molar-refractivity contribution in [1.82, 2.24) is 4.98 Å². The average molecular weight is 340 g/mol. The summed E-state index contributed by atoms with van der Waals surface area (Å²) in [7, 11) is 0. The third kappa shape index (κ3) is 2.93. The van der Waals surface area contributed by atoms with Gasteiger partial charge in [-0.05, 0) is 25.0 Å². The number of carbonyl (C=O) groups excluding carboxylic acids is 1. The number of rotatable bonds is 2. The zero-order chi connectivity index (χ0) is 15.1. The summed E-state index contributed by atoms with van der Waals surface area (Å²) in [6, 6.07) is 3.79. The highest BCUT2D eigenvalue weighted by Crippen LogP contribution is 2.34. The number of fused-ring (bicyclic) bond motifs is 1. The molecule has 0 aliphatic carbocycles. The first-order chi connectivity index (χ1) is 9.94. The summed E-state index contributed by atoms with van der Waals surface area (Å²) in [5.41, 5.74) is 1.64. The fraction of sp³-hybridized carbons (Fsp3) is 0.357. The minimum atomic E-state index is -0.114. The molecule has 21 heavy (non-hydrogen) atoms. The highest BCUT2D eigenvalue weighted by molar-refractivity contribution is 8.15. The van der Waals surface area contributed by atoms with Crippen LogP contribution < -0.4 is 5.32 Å². The van der Waals surface area contributed by atoms with Crippen LogP contribution in [0, 0.1) is 12.8 Å². The van der Waals surface area contributed by atoms with Crippen LogP contribution in [0.25, 0.3) is 10.2 Å². The van der Waals surface area contributed by atoms with Crippen LogP contribution in [0.15, 0.2) is 17.1 Å². The van der Waals surface area contributed by atoms with E-state index in [1.165, 1.54) is 11.8 Å². The predicted molar refractivity (Wildman–Crippen MR) is 91.6 cm³/mol. The normalized spacial score (nSPS) is 18.6. The van der Waals surface area contributed by atoms with Crippen LogP contribution in [-0.4, -0.2) is 21.3 Å². The smallest absolute Gasteiger partial charge is 0.261 e. The molecule has 2 aromatic rings. The highest BCUT2D eigenvalue weighted by atomic mass is 35.5. The molecule has 1 aromatic carbocycles. The topological polar surface area (TPSA) is 54.4 Å². The standard InChI is InChI=1S/C14H14ClN3OS2/c1-6(2)12-13(19)18-14(21-12)17-9-5-10-11(4-8(9)15)20-7(3)16-10/h4-6,12H,1-3H3,(H,17,18,19). The van der Waals surface area contributed by atoms with E-state index in [9.17, 15) is 4.79 Å². The Morgan fingerprint density at radius 3 is 2.81 bits per heavy atom. The molecule has 0 bridgehead atoms. The molecule has 1 unspecified atom stereocenters. The molecule has 110 valence electrons. The molecule has 3 rings (SSSR count). The molecule has 0 saturated heterocycles. The Hall–Kier alpha value is -1.11. The fourth-order valence-corrected chi connectivity index (χ4v) is 4.22. The monoisotopic (exact) mass is 339 g/mol. The second kappa shape index (κ2) is 5.59. The molecule has 1 aliphatic heterocycles. The van der Waals surface area contributed by atoms with Crippen molar-refractivity contribution < 1.29 is 4.79 Å². The summed E-state index contributed by atoms with van der Waals surface area (Å²) in [5, 5.41) is 5.25. The van der Waals surface area contributed by atoms with Crippen molar-refractivity contribution in [3.05, 3.63) is 22.2 Å². The second-order valence-corrected chi connectivity index (χ2v) is 7.97. The van der Waals surface area contributed by atoms with Gasteiger partial charge in [-0.1, -0.05) is 37.2 Å². The summed E-state index contributed by atoms with van der Waals surface area (Å²) >= 11 is 9.36. The summed E-state index contributed by atoms with van der Waals surface area (Å²) in [6.45, 7) is 6.00. The van der Waals surface area contributed by atoms with Gasteiger partial charge in [0.1, 0.15) is 0 Å². The van der Waals surface area contributed by atoms with E-state index in [-0.39, 0.29) is 17.1 Å². The molecule has 1 N–H and O–H groups in total. The third-order valence-corrected chi connectivity index (χ3v) is 5.79. The molecule has 4 nitrogen and oxygen atoms in total. The molecule has 1 aliphatic rings. The number of halogens is 1. The Balaban J connectivity index is 1.87. The summed E-state index contributed by atoms with van der Waals surface area (Å²) < 4.78 is 1.06. The lowest BCUT2D eigenvalue weighted by molar-refractivity contribution is -0.117. The largest absolute Gasteiger partial charge is 0.333 e. The number of nitrogens with one attached hydrogen (secondary N) is 1. The van der Waals surface area contributed by atoms with Gasteiger partial charge in [-0.15, -0.1) is 11.3 Å². The SMILES string of the molecule is Cc1nc2cc(NC3=NC(=O)C(C(C)C)S3)c(Cl)cc2s1. The van der Waals surface area contributed by atoms with E-state index in [0.29, 0.717) is 10.2 Å². The number of thioether (sulfide) groups is 1. The van der Waals surface area contributed by atoms with E-state index < -0.39 is 0 Å². The van der Waals surface area contributed by atoms with Gasteiger partial charge in [0.15, 0.2) is 5.17 Å². The van der Waals surface area contributed by atoms with Crippen molar-refractivity contribution in [1.29, 1.82) is 0 Å². The lowest BCUT2D eigenvalue weighted by Crippen LogP contribution is -2.17. The summed E-state index contributed by atoms with van der Waals surface area (Å²) in [5.74, 6) is 0.170. The molecule has 7 heteroatoms. The van der Waals surface area contributed by atoms with Crippen LogP contribution in [0.1, 0.15) is 18.9 Å². The molecule has 0 spiro atoms. The first kappa shape index (κ1) is 14.8. The number of hydrogen-bond donors (Lipinski definition) is 1. The van der Waals surface area contributed by atoms with Crippen LogP contribution in [-0.2, 0) is 4.79 Å². The van der Waals surface area contributed by atoms with Crippen molar-refractivity contribution in [2.75, 3.05) is 5.32 Å². The maximum atomic E-state index is 11.8. The van der Waals surface area contributed by atoms with Crippen molar-refractivity contribution in [2.24, 2.45) is 10.9 Å². The van der Waals surface area contributed by atoms with Gasteiger partial charge in [0, 0.05) is 0 Å². The Labute approximate surface area is 136 Å². The molecule has 1 atom stereocenters. The number of amidine groups is 1. The Kier molecular flexibility index (Phi) is 3.94. The van der Waals surface area contributed by atoms with E-state index in [1.807, 2.05) is 32.9 Å². The molecule has 2 heterocycles. The highest BCUT2D eigenvalue weighted by Gasteiger charge is 2.31. The van der Waals surface area contributed by atoms with Crippen molar-refractivity contribution in [2.45, 2.75) is 26.0 Å². The number of nitrogens with zero attached hydrogens (tertiary/aromatic N) is 2. The zero-order valence-electron chi connectivity index (χ0n) is 11.8. The van der Waals surface area contributed by atoms with Crippen LogP contribution >= 0.6 is 34.7 Å². The number of thiazole rings is 1. The van der Waals surface area contributed by atoms with Crippen LogP contribution in [0.4, 0.5) is 5.69 Å². The zero-order valence-corrected chi connectivity index (χ0v) is 14.2. The van der Waals surface area contributed by atoms with E-state index in [0.717, 1.165) is 20.9 Å². The lowest BCUT2D eigenvalue weighted by Gasteiger charge is -2.11. The van der Waals surface area contributed by atoms with Crippen LogP contribution in [0.3, 0.4) is 0 Å². The quantitative estimate of drug-likeness (QED) is 0.885. The number of aryl methyl sites for hydroxylation is 1. The number of carbonyl (C=O) groups is 1. The lowest BCUT2D eigenvalue weighted by atomic mass is 10.1. The molecule has 1 aromatic heterocycles. The van der Waals surface area contributed by atoms with Gasteiger partial charge in [0.05, 0.1) is 31.2 Å². The van der Waals surface area contributed by atoms with E-state index in [1.54, 1.807) is 11.3 Å². The predicted octanol–water partition coefficient (Wildman–Crippen LogP) is 4.32. The fourth-order valence-electron chi connectivity index (χ4n) is 2.11. The van der Waals surface area contributed by atoms with E-state index >= 15 is 0 Å². The first-order valence-electron chi connectivity index (χ1n) is 6.57. The molecule has 0 radical (unpaired) electrons. The number of benzene rings is 1. The van der Waals surface area contributed by atoms with Crippen LogP contribution in [0.2, 0.25) is 5.02 Å². The molecular formula is C14H14ClN3OS2. The van der Waals surface area contributed by atoms with Gasteiger partial charge >= 0.3 is 0 Å². The van der Waals surface area contributed by atoms with Gasteiger partial charge < -0.3 is 5.32 Å². The Morgan fingerprint density at radius 2 is 2.14 bits per heavy atom. The molecule has 0 fully saturated rings. The average Bonchev–Trinajstić information content (AvgIpc) is 2.92. The number of anilines is 1. The van der Waals surface area contributed by atoms with E-state index in [2.05, 4.69) is 15.3 Å². The maximum absolute atomic E-state index is 11.8. The van der Waals surface area contributed by atoms with Gasteiger partial charge in [0.25, 0.3) is 5.91 Å². The van der Waals surface area contributed by atoms with Gasteiger partial charge in [-0.25, -0.2) is 4.98 Å². The molecule has 1 amide bonds. The first-order valence-corrected chi connectivity index (χ1v) is 8.64. The molecule has 0 saturated carbocycles. The summed E-state index contributed by atoms with van der Waals surface area (Å²) in [6.07, 6.45) is 0.